The molecule has 5 heterocycles. The first-order chi connectivity index (χ1) is 18.0. The van der Waals surface area contributed by atoms with Crippen LogP contribution in [0.3, 0.4) is 0 Å². The van der Waals surface area contributed by atoms with Crippen LogP contribution in [0.4, 0.5) is 13.2 Å². The first kappa shape index (κ1) is 30.6. The van der Waals surface area contributed by atoms with E-state index in [1.807, 2.05) is 13.8 Å². The molecule has 2 aliphatic heterocycles. The summed E-state index contributed by atoms with van der Waals surface area (Å²) < 4.78 is 47.9. The van der Waals surface area contributed by atoms with Crippen LogP contribution in [0.1, 0.15) is 35.5 Å². The van der Waals surface area contributed by atoms with Crippen LogP contribution in [-0.4, -0.2) is 52.5 Å². The van der Waals surface area contributed by atoms with Crippen molar-refractivity contribution in [3.05, 3.63) is 46.1 Å². The average Bonchev–Trinajstić information content (AvgIpc) is 3.10. The summed E-state index contributed by atoms with van der Waals surface area (Å²) in [4.78, 5) is 36.3. The van der Waals surface area contributed by atoms with E-state index in [0.717, 1.165) is 17.5 Å². The summed E-state index contributed by atoms with van der Waals surface area (Å²) in [6.45, 7) is 7.53. The summed E-state index contributed by atoms with van der Waals surface area (Å²) in [5.41, 5.74) is 1.33. The second-order valence-electron chi connectivity index (χ2n) is 10.9. The number of imide groups is 1. The number of rotatable bonds is 5. The Bertz CT molecular complexity index is 1450. The number of carbonyl (C=O) groups excluding carboxylic acids is 2. The first-order valence-electron chi connectivity index (χ1n) is 12.6. The topological polar surface area (TPSA) is 84.4 Å². The van der Waals surface area contributed by atoms with Gasteiger partial charge in [0.2, 0.25) is 11.8 Å². The predicted octanol–water partition coefficient (Wildman–Crippen LogP) is 5.20. The number of hydrogen-bond acceptors (Lipinski definition) is 7. The molecule has 40 heavy (non-hydrogen) atoms. The fraction of sp³-hybridized carbons (Fsp3) is 0.481. The standard InChI is InChI=1S/C27H27F3N4O3S.2ClH/c1-13-8-19(27(28,29)30)33-22(17(13)9-14-11-31-6-7-37-14)16-4-5-32-18-10-15(38-23(16)18)12-34-24(35)20-21(25(34)36)26(20,2)3;;/h4-5,8,10,14,20-21,31H,6-7,9,11-12H2,1-3H3;2*1H/t14-,20?,21?;;/m1../s1. The normalized spacial score (nSPS) is 23.6. The van der Waals surface area contributed by atoms with E-state index in [4.69, 9.17) is 4.74 Å². The number of amides is 2. The molecule has 6 rings (SSSR count). The predicted molar refractivity (Wildman–Crippen MR) is 150 cm³/mol. The molecule has 0 spiro atoms. The van der Waals surface area contributed by atoms with Gasteiger partial charge in [0.15, 0.2) is 0 Å². The summed E-state index contributed by atoms with van der Waals surface area (Å²) in [5.74, 6) is -0.854. The van der Waals surface area contributed by atoms with Crippen LogP contribution >= 0.6 is 36.2 Å². The summed E-state index contributed by atoms with van der Waals surface area (Å²) in [6, 6.07) is 4.57. The highest BCUT2D eigenvalue weighted by Crippen LogP contribution is 2.63. The van der Waals surface area contributed by atoms with E-state index in [-0.39, 0.29) is 72.2 Å². The van der Waals surface area contributed by atoms with Crippen molar-refractivity contribution >= 4 is 58.2 Å². The molecule has 2 saturated heterocycles. The molecule has 0 bridgehead atoms. The van der Waals surface area contributed by atoms with Crippen LogP contribution in [0.5, 0.6) is 0 Å². The summed E-state index contributed by atoms with van der Waals surface area (Å²) >= 11 is 1.33. The van der Waals surface area contributed by atoms with Gasteiger partial charge in [0.1, 0.15) is 5.69 Å². The van der Waals surface area contributed by atoms with Crippen LogP contribution in [0.25, 0.3) is 21.5 Å². The molecule has 1 aliphatic carbocycles. The lowest BCUT2D eigenvalue weighted by atomic mass is 9.95. The van der Waals surface area contributed by atoms with Gasteiger partial charge in [-0.25, -0.2) is 4.98 Å². The zero-order chi connectivity index (χ0) is 27.0. The monoisotopic (exact) mass is 616 g/mol. The van der Waals surface area contributed by atoms with Crippen molar-refractivity contribution in [2.24, 2.45) is 17.3 Å². The number of aryl methyl sites for hydroxylation is 1. The molecule has 3 fully saturated rings. The molecule has 2 amide bonds. The second kappa shape index (κ2) is 10.8. The van der Waals surface area contributed by atoms with Crippen LogP contribution < -0.4 is 5.32 Å². The number of pyridine rings is 2. The quantitative estimate of drug-likeness (QED) is 0.397. The number of ether oxygens (including phenoxy) is 1. The number of piperidine rings is 1. The maximum absolute atomic E-state index is 13.8. The second-order valence-corrected chi connectivity index (χ2v) is 12.0. The molecule has 0 aromatic carbocycles. The van der Waals surface area contributed by atoms with Crippen LogP contribution in [0, 0.1) is 24.2 Å². The number of carbonyl (C=O) groups is 2. The van der Waals surface area contributed by atoms with Gasteiger partial charge < -0.3 is 10.1 Å². The third-order valence-electron chi connectivity index (χ3n) is 8.00. The van der Waals surface area contributed by atoms with E-state index in [0.29, 0.717) is 46.5 Å². The zero-order valence-electron chi connectivity index (χ0n) is 22.0. The zero-order valence-corrected chi connectivity index (χ0v) is 24.5. The molecule has 216 valence electrons. The van der Waals surface area contributed by atoms with Gasteiger partial charge in [-0.3, -0.25) is 19.5 Å². The van der Waals surface area contributed by atoms with Crippen molar-refractivity contribution in [1.29, 1.82) is 0 Å². The Morgan fingerprint density at radius 3 is 2.50 bits per heavy atom. The lowest BCUT2D eigenvalue weighted by Gasteiger charge is -2.25. The molecule has 3 aromatic heterocycles. The van der Waals surface area contributed by atoms with Gasteiger partial charge in [0.05, 0.1) is 47.0 Å². The van der Waals surface area contributed by atoms with Crippen molar-refractivity contribution in [2.75, 3.05) is 19.7 Å². The molecule has 7 nitrogen and oxygen atoms in total. The molecule has 1 N–H and O–H groups in total. The van der Waals surface area contributed by atoms with Gasteiger partial charge in [-0.2, -0.15) is 13.2 Å². The minimum absolute atomic E-state index is 0. The van der Waals surface area contributed by atoms with E-state index in [2.05, 4.69) is 15.3 Å². The van der Waals surface area contributed by atoms with E-state index in [1.165, 1.54) is 16.2 Å². The fourth-order valence-electron chi connectivity index (χ4n) is 5.87. The Kier molecular flexibility index (Phi) is 8.30. The number of nitrogens with zero attached hydrogens (tertiary/aromatic N) is 3. The van der Waals surface area contributed by atoms with Gasteiger partial charge in [0, 0.05) is 36.1 Å². The highest BCUT2D eigenvalue weighted by Gasteiger charge is 2.72. The number of hydrogen-bond donors (Lipinski definition) is 1. The van der Waals surface area contributed by atoms with Crippen molar-refractivity contribution in [3.8, 4) is 11.3 Å². The van der Waals surface area contributed by atoms with E-state index >= 15 is 0 Å². The smallest absolute Gasteiger partial charge is 0.375 e. The molecule has 3 aromatic rings. The molecular formula is C27H29Cl2F3N4O3S. The minimum Gasteiger partial charge on any atom is -0.375 e. The third kappa shape index (κ3) is 5.11. The number of alkyl halides is 3. The molecule has 3 aliphatic rings. The molecular weight excluding hydrogens is 588 g/mol. The van der Waals surface area contributed by atoms with Crippen molar-refractivity contribution in [2.45, 2.75) is 46.0 Å². The van der Waals surface area contributed by atoms with Gasteiger partial charge in [-0.05, 0) is 41.7 Å². The highest BCUT2D eigenvalue weighted by atomic mass is 35.5. The van der Waals surface area contributed by atoms with Crippen LogP contribution in [0.15, 0.2) is 24.4 Å². The number of likely N-dealkylation sites (tertiary alicyclic amines) is 1. The average molecular weight is 618 g/mol. The summed E-state index contributed by atoms with van der Waals surface area (Å²) in [5, 5.41) is 3.26. The van der Waals surface area contributed by atoms with Crippen LogP contribution in [-0.2, 0) is 33.5 Å². The molecule has 2 unspecified atom stereocenters. The van der Waals surface area contributed by atoms with Crippen molar-refractivity contribution < 1.29 is 27.5 Å². The maximum Gasteiger partial charge on any atom is 0.433 e. The maximum atomic E-state index is 13.8. The van der Waals surface area contributed by atoms with Gasteiger partial charge >= 0.3 is 6.18 Å². The SMILES string of the molecule is Cc1cc(C(F)(F)F)nc(-c2ccnc3cc(CN4C(=O)C5C(C4=O)C5(C)C)sc23)c1C[C@@H]1CNCCO1.Cl.Cl. The Morgan fingerprint density at radius 1 is 1.18 bits per heavy atom. The number of thiophene rings is 1. The number of morpholine rings is 1. The highest BCUT2D eigenvalue weighted by molar-refractivity contribution is 7.19. The first-order valence-corrected chi connectivity index (χ1v) is 13.4. The number of halogens is 5. The van der Waals surface area contributed by atoms with Gasteiger partial charge in [-0.15, -0.1) is 36.2 Å². The number of nitrogens with one attached hydrogen (secondary N) is 1. The lowest BCUT2D eigenvalue weighted by molar-refractivity contribution is -0.144. The Morgan fingerprint density at radius 2 is 1.88 bits per heavy atom. The van der Waals surface area contributed by atoms with E-state index in [1.54, 1.807) is 25.3 Å². The van der Waals surface area contributed by atoms with Gasteiger partial charge in [0.25, 0.3) is 0 Å². The fourth-order valence-corrected chi connectivity index (χ4v) is 6.99. The largest absolute Gasteiger partial charge is 0.433 e. The summed E-state index contributed by atoms with van der Waals surface area (Å²) in [6.07, 6.45) is -2.81. The molecule has 1 saturated carbocycles. The van der Waals surface area contributed by atoms with Crippen molar-refractivity contribution in [1.82, 2.24) is 20.2 Å². The Hall–Kier alpha value is -2.31. The Balaban J connectivity index is 0.00000185. The number of aromatic nitrogens is 2. The molecule has 3 atom stereocenters. The minimum atomic E-state index is -4.60. The third-order valence-corrected chi connectivity index (χ3v) is 9.14. The van der Waals surface area contributed by atoms with Gasteiger partial charge in [-0.1, -0.05) is 13.8 Å². The van der Waals surface area contributed by atoms with Crippen LogP contribution in [0.2, 0.25) is 0 Å². The summed E-state index contributed by atoms with van der Waals surface area (Å²) in [7, 11) is 0. The lowest BCUT2D eigenvalue weighted by Crippen LogP contribution is -2.39. The van der Waals surface area contributed by atoms with Crippen molar-refractivity contribution in [3.63, 3.8) is 0 Å². The number of fused-ring (bicyclic) bond motifs is 2. The molecule has 0 radical (unpaired) electrons. The van der Waals surface area contributed by atoms with E-state index < -0.39 is 11.9 Å². The van der Waals surface area contributed by atoms with E-state index in [9.17, 15) is 22.8 Å². The Labute approximate surface area is 245 Å². The molecule has 13 heteroatoms.